The Hall–Kier alpha value is -0.162. The van der Waals surface area contributed by atoms with Crippen molar-refractivity contribution in [2.24, 2.45) is 0 Å². The zero-order valence-corrected chi connectivity index (χ0v) is 9.89. The van der Waals surface area contributed by atoms with Crippen LogP contribution < -0.4 is 0 Å². The molecule has 6 heteroatoms. The summed E-state index contributed by atoms with van der Waals surface area (Å²) in [5.41, 5.74) is 1.32. The summed E-state index contributed by atoms with van der Waals surface area (Å²) in [6.07, 6.45) is 0. The quantitative estimate of drug-likeness (QED) is 0.464. The van der Waals surface area contributed by atoms with E-state index >= 15 is 0 Å². The molecule has 0 aliphatic heterocycles. The summed E-state index contributed by atoms with van der Waals surface area (Å²) < 4.78 is 0. The second kappa shape index (κ2) is 22.6. The van der Waals surface area contributed by atoms with E-state index in [2.05, 4.69) is 19.1 Å². The zero-order valence-electron chi connectivity index (χ0n) is 7.33. The number of aryl methyl sites for hydroxylation is 1. The van der Waals surface area contributed by atoms with E-state index in [1.807, 2.05) is 18.2 Å². The van der Waals surface area contributed by atoms with Gasteiger partial charge in [0.2, 0.25) is 0 Å². The Kier molecular flexibility index (Phi) is 67.0. The molecule has 0 spiro atoms. The Morgan fingerprint density at radius 3 is 1.15 bits per heavy atom. The smallest absolute Gasteiger partial charge is 0 e. The maximum absolute atomic E-state index is 2.08. The van der Waals surface area contributed by atoms with Crippen LogP contribution in [0.5, 0.6) is 0 Å². The van der Waals surface area contributed by atoms with Gasteiger partial charge in [0.05, 0.1) is 0 Å². The molecule has 1 aromatic rings. The third-order valence-electron chi connectivity index (χ3n) is 0.940. The van der Waals surface area contributed by atoms with Gasteiger partial charge in [-0.1, -0.05) is 35.9 Å². The van der Waals surface area contributed by atoms with Gasteiger partial charge < -0.3 is 27.4 Å². The number of hydrogen-bond donors (Lipinski definition) is 0. The first kappa shape index (κ1) is 38.5. The van der Waals surface area contributed by atoms with Crippen LogP contribution in [0.1, 0.15) is 5.56 Å². The molecule has 0 atom stereocenters. The van der Waals surface area contributed by atoms with Crippen molar-refractivity contribution in [1.82, 2.24) is 0 Å². The van der Waals surface area contributed by atoms with E-state index in [1.54, 1.807) is 0 Å². The molecule has 0 aromatic heterocycles. The Morgan fingerprint density at radius 1 is 0.692 bits per heavy atom. The van der Waals surface area contributed by atoms with E-state index in [1.165, 1.54) is 5.56 Å². The first-order valence-electron chi connectivity index (χ1n) is 2.41. The Labute approximate surface area is 94.8 Å². The van der Waals surface area contributed by atoms with Gasteiger partial charge >= 0.3 is 0 Å². The molecule has 3 radical (unpaired) electrons. The van der Waals surface area contributed by atoms with E-state index in [0.717, 1.165) is 0 Å². The van der Waals surface area contributed by atoms with Crippen molar-refractivity contribution in [2.45, 2.75) is 6.92 Å². The Balaban J connectivity index is -0.0000000204. The van der Waals surface area contributed by atoms with Crippen molar-refractivity contribution in [3.05, 3.63) is 35.9 Å². The molecule has 0 saturated carbocycles. The molecule has 0 aliphatic carbocycles. The average Bonchev–Trinajstić information content (AvgIpc) is 1.69. The monoisotopic (exact) mass is 303 g/mol. The van der Waals surface area contributed by atoms with Gasteiger partial charge in [0.25, 0.3) is 0 Å². The summed E-state index contributed by atoms with van der Waals surface area (Å²) >= 11 is 0. The minimum Gasteiger partial charge on any atom is -0.412 e. The molecule has 13 heavy (non-hydrogen) atoms. The summed E-state index contributed by atoms with van der Waals surface area (Å²) in [4.78, 5) is 0. The van der Waals surface area contributed by atoms with Crippen molar-refractivity contribution in [3.63, 3.8) is 0 Å². The molecular formula is C7H18O5Sb. The van der Waals surface area contributed by atoms with Crippen LogP contribution in [0, 0.1) is 6.92 Å². The molecule has 1 aromatic carbocycles. The molecule has 0 unspecified atom stereocenters. The third-order valence-corrected chi connectivity index (χ3v) is 0.940. The van der Waals surface area contributed by atoms with E-state index < -0.39 is 0 Å². The summed E-state index contributed by atoms with van der Waals surface area (Å²) in [5.74, 6) is 0. The van der Waals surface area contributed by atoms with Crippen molar-refractivity contribution in [3.8, 4) is 0 Å². The second-order valence-electron chi connectivity index (χ2n) is 1.65. The molecule has 1 rings (SSSR count). The van der Waals surface area contributed by atoms with Crippen LogP contribution in [0.25, 0.3) is 0 Å². The summed E-state index contributed by atoms with van der Waals surface area (Å²) in [5, 5.41) is 0. The SMILES string of the molecule is Cc1ccccc1.O.O.O.O.O.[Sb]. The van der Waals surface area contributed by atoms with Crippen LogP contribution >= 0.6 is 0 Å². The average molecular weight is 304 g/mol. The molecule has 0 heterocycles. The fraction of sp³-hybridized carbons (Fsp3) is 0.143. The number of hydrogen-bond acceptors (Lipinski definition) is 0. The van der Waals surface area contributed by atoms with Crippen LogP contribution in [0.4, 0.5) is 0 Å². The van der Waals surface area contributed by atoms with E-state index in [9.17, 15) is 0 Å². The topological polar surface area (TPSA) is 158 Å². The molecule has 0 bridgehead atoms. The van der Waals surface area contributed by atoms with E-state index in [-0.39, 0.29) is 51.8 Å². The van der Waals surface area contributed by atoms with E-state index in [4.69, 9.17) is 0 Å². The molecule has 0 amide bonds. The summed E-state index contributed by atoms with van der Waals surface area (Å²) in [6, 6.07) is 10.3. The fourth-order valence-electron chi connectivity index (χ4n) is 0.534. The van der Waals surface area contributed by atoms with Crippen LogP contribution in [-0.4, -0.2) is 51.8 Å². The molecule has 5 nitrogen and oxygen atoms in total. The van der Waals surface area contributed by atoms with Gasteiger partial charge in [-0.3, -0.25) is 0 Å². The predicted molar refractivity (Wildman–Crippen MR) is 55.0 cm³/mol. The van der Waals surface area contributed by atoms with Crippen molar-refractivity contribution >= 4 is 24.4 Å². The number of benzene rings is 1. The Bertz CT molecular complexity index is 147. The van der Waals surface area contributed by atoms with Crippen LogP contribution in [0.15, 0.2) is 30.3 Å². The van der Waals surface area contributed by atoms with Crippen LogP contribution in [0.2, 0.25) is 0 Å². The van der Waals surface area contributed by atoms with Gasteiger partial charge in [-0.25, -0.2) is 0 Å². The normalized spacial score (nSPS) is 4.69. The van der Waals surface area contributed by atoms with Gasteiger partial charge in [0.15, 0.2) is 0 Å². The van der Waals surface area contributed by atoms with Gasteiger partial charge in [0.1, 0.15) is 0 Å². The minimum atomic E-state index is 0. The molecule has 0 fully saturated rings. The van der Waals surface area contributed by atoms with Gasteiger partial charge in [-0.2, -0.15) is 0 Å². The standard InChI is InChI=1S/C7H8.5H2O.Sb/c1-7-5-3-2-4-6-7;;;;;;/h2-6H,1H3;5*1H2;. The Morgan fingerprint density at radius 2 is 1.00 bits per heavy atom. The largest absolute Gasteiger partial charge is 0.412 e. The second-order valence-corrected chi connectivity index (χ2v) is 1.65. The maximum atomic E-state index is 2.08. The predicted octanol–water partition coefficient (Wildman–Crippen LogP) is -2.51. The van der Waals surface area contributed by atoms with Gasteiger partial charge in [-0.15, -0.1) is 0 Å². The molecule has 0 saturated heterocycles. The molecule has 10 N–H and O–H groups in total. The van der Waals surface area contributed by atoms with Crippen molar-refractivity contribution < 1.29 is 27.4 Å². The van der Waals surface area contributed by atoms with Crippen LogP contribution in [-0.2, 0) is 0 Å². The first-order valence-corrected chi connectivity index (χ1v) is 2.41. The van der Waals surface area contributed by atoms with Crippen LogP contribution in [0.3, 0.4) is 0 Å². The third kappa shape index (κ3) is 18.7. The summed E-state index contributed by atoms with van der Waals surface area (Å²) in [7, 11) is 0. The van der Waals surface area contributed by atoms with Gasteiger partial charge in [0, 0.05) is 24.4 Å². The zero-order chi connectivity index (χ0) is 5.11. The van der Waals surface area contributed by atoms with E-state index in [0.29, 0.717) is 0 Å². The number of rotatable bonds is 0. The molecule has 81 valence electrons. The molecule has 0 aliphatic rings. The molecular weight excluding hydrogens is 286 g/mol. The first-order chi connectivity index (χ1) is 3.39. The minimum absolute atomic E-state index is 0. The van der Waals surface area contributed by atoms with Gasteiger partial charge in [-0.05, 0) is 6.92 Å². The fourth-order valence-corrected chi connectivity index (χ4v) is 0.534. The summed E-state index contributed by atoms with van der Waals surface area (Å²) in [6.45, 7) is 2.08. The van der Waals surface area contributed by atoms with Crippen molar-refractivity contribution in [1.29, 1.82) is 0 Å². The van der Waals surface area contributed by atoms with Crippen molar-refractivity contribution in [2.75, 3.05) is 0 Å². The maximum Gasteiger partial charge on any atom is 0 e.